The Bertz CT molecular complexity index is 532. The lowest BCUT2D eigenvalue weighted by molar-refractivity contribution is 0.101. The van der Waals surface area contributed by atoms with Crippen LogP contribution in [-0.2, 0) is 0 Å². The number of nitrogens with zero attached hydrogens (tertiary/aromatic N) is 2. The van der Waals surface area contributed by atoms with E-state index in [0.29, 0.717) is 5.69 Å². The average Bonchev–Trinajstić information content (AvgIpc) is 2.75. The van der Waals surface area contributed by atoms with Crippen LogP contribution in [-0.4, -0.2) is 24.9 Å². The molecule has 2 rings (SSSR count). The van der Waals surface area contributed by atoms with Gasteiger partial charge in [-0.3, -0.25) is 4.79 Å². The Labute approximate surface area is 105 Å². The van der Waals surface area contributed by atoms with E-state index < -0.39 is 0 Å². The van der Waals surface area contributed by atoms with Crippen LogP contribution in [0.2, 0.25) is 0 Å². The second kappa shape index (κ2) is 4.67. The van der Waals surface area contributed by atoms with Crippen LogP contribution >= 0.6 is 11.3 Å². The van der Waals surface area contributed by atoms with E-state index in [-0.39, 0.29) is 5.78 Å². The molecule has 0 spiro atoms. The summed E-state index contributed by atoms with van der Waals surface area (Å²) in [6, 6.07) is 9.90. The van der Waals surface area contributed by atoms with Gasteiger partial charge < -0.3 is 4.90 Å². The summed E-state index contributed by atoms with van der Waals surface area (Å²) in [6.45, 7) is 1.56. The molecule has 0 saturated heterocycles. The number of Topliss-reactive ketones (excluding diaryl/α,β-unsaturated/α-hetero) is 1. The Balaban J connectivity index is 2.56. The third kappa shape index (κ3) is 2.36. The number of anilines is 1. The predicted octanol–water partition coefficient (Wildman–Crippen LogP) is 3.08. The first kappa shape index (κ1) is 11.8. The van der Waals surface area contributed by atoms with Crippen LogP contribution in [0.25, 0.3) is 10.4 Å². The lowest BCUT2D eigenvalue weighted by Gasteiger charge is -2.05. The predicted molar refractivity (Wildman–Crippen MR) is 71.9 cm³/mol. The minimum atomic E-state index is 0.00760. The van der Waals surface area contributed by atoms with Crippen molar-refractivity contribution in [3.8, 4) is 10.4 Å². The normalized spacial score (nSPS) is 10.3. The van der Waals surface area contributed by atoms with Gasteiger partial charge in [0.2, 0.25) is 0 Å². The van der Waals surface area contributed by atoms with Crippen molar-refractivity contribution in [3.05, 3.63) is 36.0 Å². The first-order valence-electron chi connectivity index (χ1n) is 5.34. The zero-order valence-corrected chi connectivity index (χ0v) is 10.9. The molecular formula is C13H14N2OS. The number of rotatable bonds is 3. The van der Waals surface area contributed by atoms with Crippen LogP contribution in [0.15, 0.2) is 30.3 Å². The molecule has 2 aromatic rings. The Morgan fingerprint density at radius 3 is 2.41 bits per heavy atom. The maximum Gasteiger partial charge on any atom is 0.186 e. The van der Waals surface area contributed by atoms with E-state index in [1.807, 2.05) is 49.3 Å². The molecule has 88 valence electrons. The molecule has 1 heterocycles. The number of ketones is 1. The van der Waals surface area contributed by atoms with Crippen LogP contribution in [0.1, 0.15) is 17.4 Å². The fourth-order valence-electron chi connectivity index (χ4n) is 1.52. The van der Waals surface area contributed by atoms with Crippen molar-refractivity contribution in [1.82, 2.24) is 4.98 Å². The van der Waals surface area contributed by atoms with Crippen molar-refractivity contribution in [2.24, 2.45) is 0 Å². The highest BCUT2D eigenvalue weighted by Gasteiger charge is 2.17. The fraction of sp³-hybridized carbons (Fsp3) is 0.231. The molecule has 0 aliphatic rings. The molecular weight excluding hydrogens is 232 g/mol. The summed E-state index contributed by atoms with van der Waals surface area (Å²) < 4.78 is 0. The van der Waals surface area contributed by atoms with Gasteiger partial charge in [-0.2, -0.15) is 0 Å². The summed E-state index contributed by atoms with van der Waals surface area (Å²) in [5, 5.41) is 0.856. The smallest absolute Gasteiger partial charge is 0.186 e. The quantitative estimate of drug-likeness (QED) is 0.780. The molecule has 1 aromatic carbocycles. The molecule has 0 saturated carbocycles. The van der Waals surface area contributed by atoms with Crippen molar-refractivity contribution < 1.29 is 4.79 Å². The van der Waals surface area contributed by atoms with E-state index in [0.717, 1.165) is 15.6 Å². The molecule has 17 heavy (non-hydrogen) atoms. The maximum absolute atomic E-state index is 11.6. The third-order valence-corrected chi connectivity index (χ3v) is 3.64. The number of benzene rings is 1. The molecule has 0 unspecified atom stereocenters. The summed E-state index contributed by atoms with van der Waals surface area (Å²) in [5.41, 5.74) is 1.60. The lowest BCUT2D eigenvalue weighted by atomic mass is 10.1. The molecule has 4 heteroatoms. The SMILES string of the molecule is CC(=O)c1nc(N(C)C)sc1-c1ccccc1. The second-order valence-electron chi connectivity index (χ2n) is 3.99. The van der Waals surface area contributed by atoms with Crippen molar-refractivity contribution in [2.75, 3.05) is 19.0 Å². The summed E-state index contributed by atoms with van der Waals surface area (Å²) in [4.78, 5) is 18.8. The Morgan fingerprint density at radius 2 is 1.88 bits per heavy atom. The number of thiazole rings is 1. The highest BCUT2D eigenvalue weighted by atomic mass is 32.1. The molecule has 0 N–H and O–H groups in total. The average molecular weight is 246 g/mol. The van der Waals surface area contributed by atoms with Gasteiger partial charge in [0.05, 0.1) is 4.88 Å². The molecule has 0 fully saturated rings. The molecule has 3 nitrogen and oxygen atoms in total. The van der Waals surface area contributed by atoms with Crippen LogP contribution in [0, 0.1) is 0 Å². The van der Waals surface area contributed by atoms with Crippen molar-refractivity contribution in [3.63, 3.8) is 0 Å². The standard InChI is InChI=1S/C13H14N2OS/c1-9(16)11-12(10-7-5-4-6-8-10)17-13(14-11)15(2)3/h4-8H,1-3H3. The van der Waals surface area contributed by atoms with E-state index in [1.54, 1.807) is 18.3 Å². The van der Waals surface area contributed by atoms with Gasteiger partial charge in [0.1, 0.15) is 5.69 Å². The summed E-state index contributed by atoms with van der Waals surface area (Å²) in [6.07, 6.45) is 0. The highest BCUT2D eigenvalue weighted by molar-refractivity contribution is 7.19. The van der Waals surface area contributed by atoms with Gasteiger partial charge in [-0.25, -0.2) is 4.98 Å². The van der Waals surface area contributed by atoms with E-state index in [4.69, 9.17) is 0 Å². The number of carbonyl (C=O) groups excluding carboxylic acids is 1. The molecule has 0 radical (unpaired) electrons. The molecule has 0 amide bonds. The van der Waals surface area contributed by atoms with Crippen molar-refractivity contribution in [2.45, 2.75) is 6.92 Å². The zero-order chi connectivity index (χ0) is 12.4. The van der Waals surface area contributed by atoms with Gasteiger partial charge in [-0.15, -0.1) is 0 Å². The van der Waals surface area contributed by atoms with Crippen LogP contribution < -0.4 is 4.90 Å². The maximum atomic E-state index is 11.6. The fourth-order valence-corrected chi connectivity index (χ4v) is 2.57. The van der Waals surface area contributed by atoms with Gasteiger partial charge in [0.15, 0.2) is 10.9 Å². The Hall–Kier alpha value is -1.68. The first-order chi connectivity index (χ1) is 8.09. The van der Waals surface area contributed by atoms with E-state index in [2.05, 4.69) is 4.98 Å². The minimum absolute atomic E-state index is 0.00760. The van der Waals surface area contributed by atoms with Crippen LogP contribution in [0.3, 0.4) is 0 Å². The van der Waals surface area contributed by atoms with Gasteiger partial charge in [0.25, 0.3) is 0 Å². The minimum Gasteiger partial charge on any atom is -0.354 e. The first-order valence-corrected chi connectivity index (χ1v) is 6.15. The Kier molecular flexibility index (Phi) is 3.24. The zero-order valence-electron chi connectivity index (χ0n) is 10.1. The van der Waals surface area contributed by atoms with Gasteiger partial charge in [-0.1, -0.05) is 41.7 Å². The monoisotopic (exact) mass is 246 g/mol. The van der Waals surface area contributed by atoms with Gasteiger partial charge >= 0.3 is 0 Å². The summed E-state index contributed by atoms with van der Waals surface area (Å²) >= 11 is 1.54. The molecule has 0 atom stereocenters. The number of hydrogen-bond acceptors (Lipinski definition) is 4. The summed E-state index contributed by atoms with van der Waals surface area (Å²) in [5.74, 6) is 0.00760. The Morgan fingerprint density at radius 1 is 1.24 bits per heavy atom. The highest BCUT2D eigenvalue weighted by Crippen LogP contribution is 2.34. The van der Waals surface area contributed by atoms with E-state index >= 15 is 0 Å². The molecule has 0 aliphatic heterocycles. The largest absolute Gasteiger partial charge is 0.354 e. The number of carbonyl (C=O) groups is 1. The topological polar surface area (TPSA) is 33.2 Å². The molecule has 0 bridgehead atoms. The number of aromatic nitrogens is 1. The van der Waals surface area contributed by atoms with Crippen LogP contribution in [0.4, 0.5) is 5.13 Å². The van der Waals surface area contributed by atoms with Crippen molar-refractivity contribution in [1.29, 1.82) is 0 Å². The van der Waals surface area contributed by atoms with E-state index in [9.17, 15) is 4.79 Å². The van der Waals surface area contributed by atoms with Crippen LogP contribution in [0.5, 0.6) is 0 Å². The van der Waals surface area contributed by atoms with E-state index in [1.165, 1.54) is 0 Å². The molecule has 0 aliphatic carbocycles. The third-order valence-electron chi connectivity index (χ3n) is 2.37. The lowest BCUT2D eigenvalue weighted by Crippen LogP contribution is -2.08. The van der Waals surface area contributed by atoms with Crippen molar-refractivity contribution >= 4 is 22.3 Å². The van der Waals surface area contributed by atoms with Gasteiger partial charge in [0, 0.05) is 21.0 Å². The number of hydrogen-bond donors (Lipinski definition) is 0. The molecule has 1 aromatic heterocycles. The second-order valence-corrected chi connectivity index (χ2v) is 4.97. The van der Waals surface area contributed by atoms with Gasteiger partial charge in [-0.05, 0) is 5.56 Å². The summed E-state index contributed by atoms with van der Waals surface area (Å²) in [7, 11) is 3.86.